The van der Waals surface area contributed by atoms with Crippen LogP contribution in [0, 0.1) is 18.8 Å². The molecule has 146 valence electrons. The number of Topliss-reactive ketones (excluding diaryl/α,β-unsaturated/α-hetero) is 2. The number of phenols is 2. The number of carbonyl (C=O) groups excluding carboxylic acids is 2. The number of fused-ring (bicyclic) bond motifs is 1. The number of benzene rings is 2. The second-order valence-corrected chi connectivity index (χ2v) is 7.51. The van der Waals surface area contributed by atoms with Crippen molar-refractivity contribution in [3.63, 3.8) is 0 Å². The first-order valence-electron chi connectivity index (χ1n) is 9.75. The summed E-state index contributed by atoms with van der Waals surface area (Å²) in [5.41, 5.74) is 1.55. The number of aromatic hydroxyl groups is 2. The Morgan fingerprint density at radius 1 is 1.15 bits per heavy atom. The van der Waals surface area contributed by atoms with Crippen LogP contribution in [0.3, 0.4) is 0 Å². The molecule has 4 nitrogen and oxygen atoms in total. The first kappa shape index (κ1) is 20.9. The first-order valence-corrected chi connectivity index (χ1v) is 9.75. The van der Waals surface area contributed by atoms with Crippen molar-refractivity contribution in [2.45, 2.75) is 59.8 Å². The second kappa shape index (κ2) is 9.03. The number of phenolic OH excluding ortho intramolecular Hbond substituents is 2. The van der Waals surface area contributed by atoms with Gasteiger partial charge in [-0.1, -0.05) is 38.5 Å². The molecule has 0 aromatic heterocycles. The van der Waals surface area contributed by atoms with Crippen LogP contribution in [0.25, 0.3) is 10.8 Å². The van der Waals surface area contributed by atoms with Crippen LogP contribution in [0.2, 0.25) is 0 Å². The Hall–Kier alpha value is -2.36. The van der Waals surface area contributed by atoms with E-state index in [4.69, 9.17) is 0 Å². The predicted molar refractivity (Wildman–Crippen MR) is 108 cm³/mol. The smallest absolute Gasteiger partial charge is 0.143 e. The maximum Gasteiger partial charge on any atom is 0.143 e. The molecule has 2 atom stereocenters. The molecule has 0 saturated carbocycles. The van der Waals surface area contributed by atoms with Crippen molar-refractivity contribution in [1.82, 2.24) is 0 Å². The van der Waals surface area contributed by atoms with Crippen LogP contribution in [0.4, 0.5) is 0 Å². The Kier molecular flexibility index (Phi) is 7.00. The zero-order valence-corrected chi connectivity index (χ0v) is 16.7. The molecule has 0 aliphatic carbocycles. The fourth-order valence-corrected chi connectivity index (χ4v) is 4.14. The minimum absolute atomic E-state index is 0.0243. The van der Waals surface area contributed by atoms with E-state index in [1.165, 1.54) is 6.92 Å². The van der Waals surface area contributed by atoms with Gasteiger partial charge in [-0.25, -0.2) is 0 Å². The molecule has 0 amide bonds. The highest BCUT2D eigenvalue weighted by atomic mass is 16.3. The minimum atomic E-state index is -0.219. The fourth-order valence-electron chi connectivity index (χ4n) is 4.14. The standard InChI is InChI=1S/C23H30O4/c1-5-8-16(18(6-2)20(25)11-15(4)24)12-17-13-21(26)22-14(3)9-7-10-19(22)23(17)27/h7,9-10,13,16,18,26-27H,5-6,8,11-12H2,1-4H3. The first-order chi connectivity index (χ1) is 12.8. The van der Waals surface area contributed by atoms with Crippen LogP contribution in [-0.2, 0) is 16.0 Å². The third-order valence-corrected chi connectivity index (χ3v) is 5.39. The highest BCUT2D eigenvalue weighted by molar-refractivity contribution is 5.99. The number of hydrogen-bond acceptors (Lipinski definition) is 4. The predicted octanol–water partition coefficient (Wildman–Crippen LogP) is 5.09. The molecule has 0 heterocycles. The number of ketones is 2. The van der Waals surface area contributed by atoms with Gasteiger partial charge >= 0.3 is 0 Å². The highest BCUT2D eigenvalue weighted by Crippen LogP contribution is 2.39. The van der Waals surface area contributed by atoms with Gasteiger partial charge in [-0.2, -0.15) is 0 Å². The van der Waals surface area contributed by atoms with Crippen LogP contribution in [0.15, 0.2) is 24.3 Å². The van der Waals surface area contributed by atoms with Crippen molar-refractivity contribution in [2.75, 3.05) is 0 Å². The van der Waals surface area contributed by atoms with Crippen LogP contribution < -0.4 is 0 Å². The van der Waals surface area contributed by atoms with Crippen LogP contribution in [0.5, 0.6) is 11.5 Å². The average Bonchev–Trinajstić information content (AvgIpc) is 2.59. The van der Waals surface area contributed by atoms with E-state index in [9.17, 15) is 19.8 Å². The number of aryl methyl sites for hydroxylation is 1. The van der Waals surface area contributed by atoms with Gasteiger partial charge in [-0.15, -0.1) is 0 Å². The fraction of sp³-hybridized carbons (Fsp3) is 0.478. The lowest BCUT2D eigenvalue weighted by Gasteiger charge is -2.26. The Bertz CT molecular complexity index is 838. The zero-order valence-electron chi connectivity index (χ0n) is 16.7. The van der Waals surface area contributed by atoms with Crippen molar-refractivity contribution in [2.24, 2.45) is 11.8 Å². The molecule has 27 heavy (non-hydrogen) atoms. The molecule has 0 fully saturated rings. The van der Waals surface area contributed by atoms with Crippen LogP contribution >= 0.6 is 0 Å². The van der Waals surface area contributed by atoms with Crippen molar-refractivity contribution < 1.29 is 19.8 Å². The summed E-state index contributed by atoms with van der Waals surface area (Å²) in [5, 5.41) is 22.6. The quantitative estimate of drug-likeness (QED) is 0.476. The van der Waals surface area contributed by atoms with E-state index in [-0.39, 0.29) is 41.3 Å². The summed E-state index contributed by atoms with van der Waals surface area (Å²) in [6.45, 7) is 7.37. The molecule has 4 heteroatoms. The van der Waals surface area contributed by atoms with E-state index in [1.54, 1.807) is 12.1 Å². The molecule has 2 unspecified atom stereocenters. The third-order valence-electron chi connectivity index (χ3n) is 5.39. The lowest BCUT2D eigenvalue weighted by molar-refractivity contribution is -0.129. The molecule has 2 aromatic rings. The molecule has 0 bridgehead atoms. The summed E-state index contributed by atoms with van der Waals surface area (Å²) in [7, 11) is 0. The molecule has 2 rings (SSSR count). The Balaban J connectivity index is 2.42. The summed E-state index contributed by atoms with van der Waals surface area (Å²) in [6, 6.07) is 7.17. The zero-order chi connectivity index (χ0) is 20.1. The topological polar surface area (TPSA) is 74.6 Å². The summed E-state index contributed by atoms with van der Waals surface area (Å²) in [5.74, 6) is -0.0158. The molecule has 0 radical (unpaired) electrons. The molecular formula is C23H30O4. The van der Waals surface area contributed by atoms with Crippen molar-refractivity contribution in [3.05, 3.63) is 35.4 Å². The molecule has 0 aliphatic heterocycles. The van der Waals surface area contributed by atoms with Crippen molar-refractivity contribution in [3.8, 4) is 11.5 Å². The van der Waals surface area contributed by atoms with Gasteiger partial charge in [0.25, 0.3) is 0 Å². The lowest BCUT2D eigenvalue weighted by atomic mass is 9.78. The third kappa shape index (κ3) is 4.68. The van der Waals surface area contributed by atoms with Gasteiger partial charge in [0.05, 0.1) is 6.42 Å². The number of hydrogen-bond donors (Lipinski definition) is 2. The van der Waals surface area contributed by atoms with Gasteiger partial charge in [0.1, 0.15) is 23.1 Å². The monoisotopic (exact) mass is 370 g/mol. The lowest BCUT2D eigenvalue weighted by Crippen LogP contribution is -2.26. The maximum atomic E-state index is 12.6. The summed E-state index contributed by atoms with van der Waals surface area (Å²) in [6.07, 6.45) is 2.87. The van der Waals surface area contributed by atoms with Gasteiger partial charge in [0.2, 0.25) is 0 Å². The second-order valence-electron chi connectivity index (χ2n) is 7.51. The van der Waals surface area contributed by atoms with Crippen LogP contribution in [-0.4, -0.2) is 21.8 Å². The van der Waals surface area contributed by atoms with Gasteiger partial charge < -0.3 is 10.2 Å². The summed E-state index contributed by atoms with van der Waals surface area (Å²) < 4.78 is 0. The Labute approximate surface area is 161 Å². The normalized spacial score (nSPS) is 13.5. The van der Waals surface area contributed by atoms with Crippen LogP contribution in [0.1, 0.15) is 57.6 Å². The molecular weight excluding hydrogens is 340 g/mol. The highest BCUT2D eigenvalue weighted by Gasteiger charge is 2.28. The average molecular weight is 370 g/mol. The summed E-state index contributed by atoms with van der Waals surface area (Å²) in [4.78, 5) is 24.0. The minimum Gasteiger partial charge on any atom is -0.507 e. The Morgan fingerprint density at radius 2 is 1.85 bits per heavy atom. The van der Waals surface area contributed by atoms with E-state index >= 15 is 0 Å². The SMILES string of the molecule is CCCC(Cc1cc(O)c2c(C)cccc2c1O)C(CC)C(=O)CC(C)=O. The van der Waals surface area contributed by atoms with Crippen molar-refractivity contribution in [1.29, 1.82) is 0 Å². The van der Waals surface area contributed by atoms with E-state index < -0.39 is 0 Å². The molecule has 0 spiro atoms. The molecule has 2 N–H and O–H groups in total. The molecule has 0 saturated heterocycles. The maximum absolute atomic E-state index is 12.6. The van der Waals surface area contributed by atoms with E-state index in [0.29, 0.717) is 29.2 Å². The Morgan fingerprint density at radius 3 is 2.44 bits per heavy atom. The van der Waals surface area contributed by atoms with Gasteiger partial charge in [0, 0.05) is 16.7 Å². The van der Waals surface area contributed by atoms with Gasteiger partial charge in [0.15, 0.2) is 0 Å². The van der Waals surface area contributed by atoms with Gasteiger partial charge in [-0.05, 0) is 56.2 Å². The molecule has 2 aromatic carbocycles. The van der Waals surface area contributed by atoms with E-state index in [2.05, 4.69) is 6.92 Å². The number of carbonyl (C=O) groups is 2. The van der Waals surface area contributed by atoms with E-state index in [1.807, 2.05) is 26.0 Å². The van der Waals surface area contributed by atoms with E-state index in [0.717, 1.165) is 18.4 Å². The van der Waals surface area contributed by atoms with Crippen molar-refractivity contribution >= 4 is 22.3 Å². The molecule has 0 aliphatic rings. The largest absolute Gasteiger partial charge is 0.507 e. The summed E-state index contributed by atoms with van der Waals surface area (Å²) >= 11 is 0. The number of rotatable bonds is 9. The van der Waals surface area contributed by atoms with Gasteiger partial charge in [-0.3, -0.25) is 9.59 Å².